The molecule has 2 aliphatic heterocycles. The molecule has 3 heteroatoms. The summed E-state index contributed by atoms with van der Waals surface area (Å²) in [5, 5.41) is 3.56. The molecule has 16 heavy (non-hydrogen) atoms. The van der Waals surface area contributed by atoms with Crippen LogP contribution in [0.15, 0.2) is 0 Å². The highest BCUT2D eigenvalue weighted by Crippen LogP contribution is 2.22. The van der Waals surface area contributed by atoms with Crippen molar-refractivity contribution in [1.29, 1.82) is 0 Å². The molecule has 1 atom stereocenters. The Hall–Kier alpha value is -0.120. The normalized spacial score (nSPS) is 33.6. The molecule has 0 amide bonds. The van der Waals surface area contributed by atoms with Gasteiger partial charge in [0.25, 0.3) is 0 Å². The first-order valence-corrected chi connectivity index (χ1v) is 6.70. The van der Waals surface area contributed by atoms with Crippen molar-refractivity contribution in [2.45, 2.75) is 32.7 Å². The molecule has 0 aliphatic carbocycles. The number of piperidine rings is 1. The van der Waals surface area contributed by atoms with Crippen molar-refractivity contribution in [2.24, 2.45) is 5.41 Å². The molecule has 0 saturated carbocycles. The van der Waals surface area contributed by atoms with Gasteiger partial charge in [-0.1, -0.05) is 13.8 Å². The van der Waals surface area contributed by atoms with Gasteiger partial charge < -0.3 is 10.2 Å². The van der Waals surface area contributed by atoms with Gasteiger partial charge in [-0.05, 0) is 31.8 Å². The molecule has 2 aliphatic rings. The third kappa shape index (κ3) is 3.19. The predicted octanol–water partition coefficient (Wildman–Crippen LogP) is 1.01. The van der Waals surface area contributed by atoms with E-state index in [-0.39, 0.29) is 0 Å². The van der Waals surface area contributed by atoms with Crippen molar-refractivity contribution >= 4 is 0 Å². The molecule has 0 aromatic heterocycles. The van der Waals surface area contributed by atoms with Crippen LogP contribution in [-0.4, -0.2) is 62.2 Å². The Kier molecular flexibility index (Phi) is 3.88. The van der Waals surface area contributed by atoms with E-state index in [0.717, 1.165) is 19.1 Å². The minimum atomic E-state index is 0.423. The van der Waals surface area contributed by atoms with Crippen LogP contribution in [0.25, 0.3) is 0 Å². The fourth-order valence-electron chi connectivity index (χ4n) is 3.08. The van der Waals surface area contributed by atoms with Gasteiger partial charge in [-0.25, -0.2) is 0 Å². The lowest BCUT2D eigenvalue weighted by atomic mass is 9.92. The summed E-state index contributed by atoms with van der Waals surface area (Å²) in [7, 11) is 2.26. The molecule has 2 fully saturated rings. The van der Waals surface area contributed by atoms with Gasteiger partial charge in [0.05, 0.1) is 0 Å². The van der Waals surface area contributed by atoms with Gasteiger partial charge in [0.1, 0.15) is 0 Å². The maximum absolute atomic E-state index is 3.56. The lowest BCUT2D eigenvalue weighted by molar-refractivity contribution is 0.0911. The Morgan fingerprint density at radius 1 is 1.25 bits per heavy atom. The van der Waals surface area contributed by atoms with Crippen LogP contribution in [0.3, 0.4) is 0 Å². The second kappa shape index (κ2) is 5.03. The molecule has 1 N–H and O–H groups in total. The first kappa shape index (κ1) is 12.3. The minimum absolute atomic E-state index is 0.423. The van der Waals surface area contributed by atoms with Crippen molar-refractivity contribution in [3.8, 4) is 0 Å². The second-order valence-corrected chi connectivity index (χ2v) is 6.37. The average molecular weight is 225 g/mol. The molecule has 94 valence electrons. The zero-order valence-corrected chi connectivity index (χ0v) is 11.1. The Bertz CT molecular complexity index is 227. The van der Waals surface area contributed by atoms with E-state index >= 15 is 0 Å². The highest BCUT2D eigenvalue weighted by atomic mass is 15.2. The maximum atomic E-state index is 3.56. The lowest BCUT2D eigenvalue weighted by Gasteiger charge is -2.40. The summed E-state index contributed by atoms with van der Waals surface area (Å²) in [4.78, 5) is 5.20. The smallest absolute Gasteiger partial charge is 0.0224 e. The van der Waals surface area contributed by atoms with Crippen LogP contribution in [-0.2, 0) is 0 Å². The maximum Gasteiger partial charge on any atom is 0.0224 e. The minimum Gasteiger partial charge on any atom is -0.315 e. The number of nitrogens with one attached hydrogen (secondary N) is 1. The molecular weight excluding hydrogens is 198 g/mol. The summed E-state index contributed by atoms with van der Waals surface area (Å²) in [5.74, 6) is 0. The molecule has 0 radical (unpaired) electrons. The molecule has 2 heterocycles. The third-order valence-electron chi connectivity index (χ3n) is 3.93. The summed E-state index contributed by atoms with van der Waals surface area (Å²) in [5.41, 5.74) is 0.423. The third-order valence-corrected chi connectivity index (χ3v) is 3.93. The Labute approximate surface area is 100 Å². The number of rotatable bonds is 1. The molecule has 0 spiro atoms. The van der Waals surface area contributed by atoms with Gasteiger partial charge in [0.15, 0.2) is 0 Å². The van der Waals surface area contributed by atoms with E-state index in [1.54, 1.807) is 0 Å². The van der Waals surface area contributed by atoms with Crippen LogP contribution in [0.1, 0.15) is 26.7 Å². The van der Waals surface area contributed by atoms with E-state index in [9.17, 15) is 0 Å². The van der Waals surface area contributed by atoms with Crippen molar-refractivity contribution in [3.05, 3.63) is 0 Å². The van der Waals surface area contributed by atoms with Crippen molar-refractivity contribution in [3.63, 3.8) is 0 Å². The number of hydrogen-bond donors (Lipinski definition) is 1. The van der Waals surface area contributed by atoms with Crippen LogP contribution in [0, 0.1) is 5.41 Å². The first-order chi connectivity index (χ1) is 7.57. The largest absolute Gasteiger partial charge is 0.315 e. The van der Waals surface area contributed by atoms with Gasteiger partial charge in [-0.2, -0.15) is 0 Å². The molecule has 1 unspecified atom stereocenters. The van der Waals surface area contributed by atoms with Crippen LogP contribution in [0.2, 0.25) is 0 Å². The van der Waals surface area contributed by atoms with Gasteiger partial charge in [-0.3, -0.25) is 4.90 Å². The molecule has 0 aromatic carbocycles. The molecule has 3 nitrogen and oxygen atoms in total. The average Bonchev–Trinajstić information content (AvgIpc) is 2.39. The Morgan fingerprint density at radius 3 is 2.81 bits per heavy atom. The molecular formula is C13H27N3. The monoisotopic (exact) mass is 225 g/mol. The molecule has 2 rings (SSSR count). The second-order valence-electron chi connectivity index (χ2n) is 6.37. The number of hydrogen-bond acceptors (Lipinski definition) is 3. The molecule has 2 saturated heterocycles. The van der Waals surface area contributed by atoms with E-state index in [0.29, 0.717) is 5.41 Å². The zero-order chi connectivity index (χ0) is 11.6. The molecule has 0 bridgehead atoms. The first-order valence-electron chi connectivity index (χ1n) is 6.70. The van der Waals surface area contributed by atoms with Crippen molar-refractivity contribution < 1.29 is 0 Å². The number of likely N-dealkylation sites (tertiary alicyclic amines) is 1. The highest BCUT2D eigenvalue weighted by molar-refractivity contribution is 4.86. The Balaban J connectivity index is 1.96. The van der Waals surface area contributed by atoms with Gasteiger partial charge in [0.2, 0.25) is 0 Å². The van der Waals surface area contributed by atoms with Gasteiger partial charge >= 0.3 is 0 Å². The Morgan fingerprint density at radius 2 is 2.06 bits per heavy atom. The van der Waals surface area contributed by atoms with E-state index in [1.165, 1.54) is 39.0 Å². The summed E-state index contributed by atoms with van der Waals surface area (Å²) < 4.78 is 0. The van der Waals surface area contributed by atoms with E-state index in [1.807, 2.05) is 0 Å². The topological polar surface area (TPSA) is 18.5 Å². The molecule has 0 aromatic rings. The fourth-order valence-corrected chi connectivity index (χ4v) is 3.08. The summed E-state index contributed by atoms with van der Waals surface area (Å²) in [6, 6.07) is 0.790. The SMILES string of the molecule is CN1CCCC(N2CCNCC(C)(C)C2)C1. The summed E-state index contributed by atoms with van der Waals surface area (Å²) in [6.45, 7) is 12.1. The lowest BCUT2D eigenvalue weighted by Crippen LogP contribution is -2.49. The summed E-state index contributed by atoms with van der Waals surface area (Å²) >= 11 is 0. The zero-order valence-electron chi connectivity index (χ0n) is 11.1. The number of nitrogens with zero attached hydrogens (tertiary/aromatic N) is 2. The highest BCUT2D eigenvalue weighted by Gasteiger charge is 2.30. The van der Waals surface area contributed by atoms with E-state index < -0.39 is 0 Å². The van der Waals surface area contributed by atoms with E-state index in [4.69, 9.17) is 0 Å². The standard InChI is InChI=1S/C13H27N3/c1-13(2)10-14-6-8-16(11-13)12-5-4-7-15(3)9-12/h12,14H,4-11H2,1-3H3. The van der Waals surface area contributed by atoms with Crippen LogP contribution < -0.4 is 5.32 Å². The van der Waals surface area contributed by atoms with Crippen molar-refractivity contribution in [1.82, 2.24) is 15.1 Å². The van der Waals surface area contributed by atoms with Gasteiger partial charge in [-0.15, -0.1) is 0 Å². The van der Waals surface area contributed by atoms with Crippen LogP contribution in [0.5, 0.6) is 0 Å². The van der Waals surface area contributed by atoms with Crippen LogP contribution in [0.4, 0.5) is 0 Å². The fraction of sp³-hybridized carbons (Fsp3) is 1.00. The van der Waals surface area contributed by atoms with Crippen molar-refractivity contribution in [2.75, 3.05) is 46.3 Å². The quantitative estimate of drug-likeness (QED) is 0.718. The van der Waals surface area contributed by atoms with Gasteiger partial charge in [0, 0.05) is 38.8 Å². The van der Waals surface area contributed by atoms with E-state index in [2.05, 4.69) is 36.0 Å². The summed E-state index contributed by atoms with van der Waals surface area (Å²) in [6.07, 6.45) is 2.76. The van der Waals surface area contributed by atoms with Crippen LogP contribution >= 0.6 is 0 Å². The predicted molar refractivity (Wildman–Crippen MR) is 68.7 cm³/mol. The number of likely N-dealkylation sites (N-methyl/N-ethyl adjacent to an activating group) is 1.